The fourth-order valence-electron chi connectivity index (χ4n) is 3.20. The Morgan fingerprint density at radius 1 is 1.35 bits per heavy atom. The number of aliphatic hydroxyl groups is 1. The summed E-state index contributed by atoms with van der Waals surface area (Å²) >= 11 is 0. The molecule has 0 saturated carbocycles. The first-order valence-electron chi connectivity index (χ1n) is 6.31. The number of benzene rings is 1. The third-order valence-corrected chi connectivity index (χ3v) is 3.97. The van der Waals surface area contributed by atoms with Crippen LogP contribution < -0.4 is 0 Å². The van der Waals surface area contributed by atoms with Gasteiger partial charge in [-0.15, -0.1) is 0 Å². The second-order valence-corrected chi connectivity index (χ2v) is 4.95. The number of carbonyl (C=O) groups is 1. The van der Waals surface area contributed by atoms with E-state index in [2.05, 4.69) is 12.1 Å². The van der Waals surface area contributed by atoms with E-state index in [-0.39, 0.29) is 24.6 Å². The molecule has 1 fully saturated rings. The predicted molar refractivity (Wildman–Crippen MR) is 64.5 cm³/mol. The fraction of sp³-hybridized carbons (Fsp3) is 0.500. The molecule has 0 bridgehead atoms. The summed E-state index contributed by atoms with van der Waals surface area (Å²) < 4.78 is 0. The van der Waals surface area contributed by atoms with E-state index in [4.69, 9.17) is 0 Å². The summed E-state index contributed by atoms with van der Waals surface area (Å²) in [4.78, 5) is 13.9. The third-order valence-electron chi connectivity index (χ3n) is 3.97. The standard InChI is InChI=1S/C14H17NO2/c16-9-11-8-10-4-1-2-5-12(10)13-6-3-7-14(17)15(11)13/h1-2,4-5,11,13,16H,3,6-9H2/t11-,13+/m0/s1. The number of fused-ring (bicyclic) bond motifs is 3. The molecule has 0 unspecified atom stereocenters. The molecule has 2 atom stereocenters. The number of rotatable bonds is 1. The number of carbonyl (C=O) groups excluding carboxylic acids is 1. The van der Waals surface area contributed by atoms with Gasteiger partial charge >= 0.3 is 0 Å². The molecule has 1 saturated heterocycles. The second kappa shape index (κ2) is 4.15. The Labute approximate surface area is 101 Å². The lowest BCUT2D eigenvalue weighted by Gasteiger charge is -2.45. The summed E-state index contributed by atoms with van der Waals surface area (Å²) in [6.45, 7) is 0.0660. The van der Waals surface area contributed by atoms with Crippen molar-refractivity contribution in [3.8, 4) is 0 Å². The molecule has 1 aromatic rings. The molecule has 17 heavy (non-hydrogen) atoms. The van der Waals surface area contributed by atoms with Crippen LogP contribution in [-0.2, 0) is 11.2 Å². The van der Waals surface area contributed by atoms with Crippen LogP contribution in [0.1, 0.15) is 36.4 Å². The quantitative estimate of drug-likeness (QED) is 0.798. The maximum atomic E-state index is 12.0. The van der Waals surface area contributed by atoms with Crippen LogP contribution in [0.2, 0.25) is 0 Å². The highest BCUT2D eigenvalue weighted by atomic mass is 16.3. The summed E-state index contributed by atoms with van der Waals surface area (Å²) in [7, 11) is 0. The molecule has 0 aliphatic carbocycles. The maximum absolute atomic E-state index is 12.0. The van der Waals surface area contributed by atoms with Crippen molar-refractivity contribution < 1.29 is 9.90 Å². The van der Waals surface area contributed by atoms with Gasteiger partial charge in [0, 0.05) is 6.42 Å². The molecular weight excluding hydrogens is 214 g/mol. The first-order valence-corrected chi connectivity index (χ1v) is 6.31. The highest BCUT2D eigenvalue weighted by Gasteiger charge is 2.38. The molecule has 0 radical (unpaired) electrons. The maximum Gasteiger partial charge on any atom is 0.223 e. The lowest BCUT2D eigenvalue weighted by Crippen LogP contribution is -2.50. The van der Waals surface area contributed by atoms with E-state index in [1.165, 1.54) is 11.1 Å². The van der Waals surface area contributed by atoms with E-state index < -0.39 is 0 Å². The SMILES string of the molecule is O=C1CCC[C@@H]2c3ccccc3C[C@@H](CO)N12. The lowest BCUT2D eigenvalue weighted by molar-refractivity contribution is -0.141. The first kappa shape index (κ1) is 10.8. The van der Waals surface area contributed by atoms with Crippen molar-refractivity contribution in [1.82, 2.24) is 4.90 Å². The zero-order chi connectivity index (χ0) is 11.8. The smallest absolute Gasteiger partial charge is 0.223 e. The molecule has 0 spiro atoms. The largest absolute Gasteiger partial charge is 0.394 e. The van der Waals surface area contributed by atoms with Crippen LogP contribution in [-0.4, -0.2) is 28.6 Å². The Balaban J connectivity index is 2.05. The van der Waals surface area contributed by atoms with Gasteiger partial charge in [-0.05, 0) is 30.4 Å². The predicted octanol–water partition coefficient (Wildman–Crippen LogP) is 1.66. The molecule has 90 valence electrons. The van der Waals surface area contributed by atoms with Crippen molar-refractivity contribution in [2.75, 3.05) is 6.61 Å². The summed E-state index contributed by atoms with van der Waals surface area (Å²) in [5.74, 6) is 0.204. The van der Waals surface area contributed by atoms with Gasteiger partial charge in [-0.2, -0.15) is 0 Å². The zero-order valence-electron chi connectivity index (χ0n) is 9.80. The molecule has 2 aliphatic heterocycles. The van der Waals surface area contributed by atoms with E-state index >= 15 is 0 Å². The number of amides is 1. The molecular formula is C14H17NO2. The van der Waals surface area contributed by atoms with Gasteiger partial charge in [0.05, 0.1) is 18.7 Å². The van der Waals surface area contributed by atoms with Crippen LogP contribution in [0.5, 0.6) is 0 Å². The minimum atomic E-state index is -0.0253. The molecule has 1 aromatic carbocycles. The molecule has 2 heterocycles. The van der Waals surface area contributed by atoms with Crippen LogP contribution in [0.25, 0.3) is 0 Å². The van der Waals surface area contributed by atoms with Crippen molar-refractivity contribution in [2.24, 2.45) is 0 Å². The molecule has 1 N–H and O–H groups in total. The number of piperidine rings is 1. The van der Waals surface area contributed by atoms with Gasteiger partial charge in [0.25, 0.3) is 0 Å². The van der Waals surface area contributed by atoms with Gasteiger partial charge in [-0.1, -0.05) is 24.3 Å². The zero-order valence-corrected chi connectivity index (χ0v) is 9.80. The van der Waals surface area contributed by atoms with Gasteiger partial charge in [0.1, 0.15) is 0 Å². The van der Waals surface area contributed by atoms with Crippen LogP contribution in [0.15, 0.2) is 24.3 Å². The van der Waals surface area contributed by atoms with Gasteiger partial charge < -0.3 is 10.0 Å². The van der Waals surface area contributed by atoms with Crippen molar-refractivity contribution in [1.29, 1.82) is 0 Å². The minimum absolute atomic E-state index is 0.0253. The summed E-state index contributed by atoms with van der Waals surface area (Å²) in [6.07, 6.45) is 3.41. The number of hydrogen-bond donors (Lipinski definition) is 1. The van der Waals surface area contributed by atoms with Gasteiger partial charge in [-0.3, -0.25) is 4.79 Å². The Morgan fingerprint density at radius 3 is 3.00 bits per heavy atom. The normalized spacial score (nSPS) is 27.6. The Kier molecular flexibility index (Phi) is 2.63. The Morgan fingerprint density at radius 2 is 2.18 bits per heavy atom. The molecule has 3 rings (SSSR count). The summed E-state index contributed by atoms with van der Waals surface area (Å²) in [5.41, 5.74) is 2.58. The van der Waals surface area contributed by atoms with Crippen LogP contribution in [0.4, 0.5) is 0 Å². The van der Waals surface area contributed by atoms with E-state index in [0.29, 0.717) is 6.42 Å². The second-order valence-electron chi connectivity index (χ2n) is 4.95. The highest BCUT2D eigenvalue weighted by molar-refractivity contribution is 5.78. The van der Waals surface area contributed by atoms with Crippen LogP contribution in [0.3, 0.4) is 0 Å². The average molecular weight is 231 g/mol. The number of nitrogens with zero attached hydrogens (tertiary/aromatic N) is 1. The van der Waals surface area contributed by atoms with E-state index in [0.717, 1.165) is 19.3 Å². The molecule has 3 nitrogen and oxygen atoms in total. The lowest BCUT2D eigenvalue weighted by atomic mass is 9.83. The third kappa shape index (κ3) is 1.65. The van der Waals surface area contributed by atoms with E-state index in [9.17, 15) is 9.90 Å². The van der Waals surface area contributed by atoms with Gasteiger partial charge in [0.2, 0.25) is 5.91 Å². The first-order chi connectivity index (χ1) is 8.31. The van der Waals surface area contributed by atoms with Crippen molar-refractivity contribution in [2.45, 2.75) is 37.8 Å². The fourth-order valence-corrected chi connectivity index (χ4v) is 3.20. The van der Waals surface area contributed by atoms with Gasteiger partial charge in [0.15, 0.2) is 0 Å². The monoisotopic (exact) mass is 231 g/mol. The topological polar surface area (TPSA) is 40.5 Å². The number of hydrogen-bond acceptors (Lipinski definition) is 2. The van der Waals surface area contributed by atoms with Crippen molar-refractivity contribution in [3.63, 3.8) is 0 Å². The van der Waals surface area contributed by atoms with Gasteiger partial charge in [-0.25, -0.2) is 0 Å². The Hall–Kier alpha value is -1.35. The highest BCUT2D eigenvalue weighted by Crippen LogP contribution is 2.39. The van der Waals surface area contributed by atoms with Crippen molar-refractivity contribution in [3.05, 3.63) is 35.4 Å². The van der Waals surface area contributed by atoms with E-state index in [1.54, 1.807) is 0 Å². The van der Waals surface area contributed by atoms with Crippen LogP contribution in [0, 0.1) is 0 Å². The minimum Gasteiger partial charge on any atom is -0.394 e. The van der Waals surface area contributed by atoms with E-state index in [1.807, 2.05) is 17.0 Å². The molecule has 3 heteroatoms. The number of aliphatic hydroxyl groups excluding tert-OH is 1. The molecule has 1 amide bonds. The van der Waals surface area contributed by atoms with Crippen molar-refractivity contribution >= 4 is 5.91 Å². The van der Waals surface area contributed by atoms with Crippen LogP contribution >= 0.6 is 0 Å². The molecule has 0 aromatic heterocycles. The summed E-state index contributed by atoms with van der Waals surface area (Å²) in [5, 5.41) is 9.48. The summed E-state index contributed by atoms with van der Waals surface area (Å²) in [6, 6.07) is 8.48. The molecule has 2 aliphatic rings. The average Bonchev–Trinajstić information content (AvgIpc) is 2.38. The Bertz CT molecular complexity index is 444.